The highest BCUT2D eigenvalue weighted by molar-refractivity contribution is 9.11. The Kier molecular flexibility index (Phi) is 3.03. The van der Waals surface area contributed by atoms with Gasteiger partial charge in [-0.1, -0.05) is 0 Å². The van der Waals surface area contributed by atoms with Gasteiger partial charge in [0.2, 0.25) is 0 Å². The largest absolute Gasteiger partial charge is 0.490 e. The lowest BCUT2D eigenvalue weighted by Crippen LogP contribution is -1.97. The van der Waals surface area contributed by atoms with Gasteiger partial charge in [0, 0.05) is 17.4 Å². The summed E-state index contributed by atoms with van der Waals surface area (Å²) in [5, 5.41) is 2.02. The van der Waals surface area contributed by atoms with E-state index in [0.717, 1.165) is 33.1 Å². The minimum Gasteiger partial charge on any atom is -0.490 e. The Balaban J connectivity index is 2.00. The van der Waals surface area contributed by atoms with Gasteiger partial charge in [0.1, 0.15) is 0 Å². The van der Waals surface area contributed by atoms with Crippen molar-refractivity contribution in [3.05, 3.63) is 27.5 Å². The number of ether oxygens (including phenoxy) is 2. The molecule has 1 aromatic heterocycles. The molecule has 1 aliphatic heterocycles. The fourth-order valence-electron chi connectivity index (χ4n) is 1.71. The Labute approximate surface area is 112 Å². The van der Waals surface area contributed by atoms with Crippen molar-refractivity contribution in [1.82, 2.24) is 4.98 Å². The first kappa shape index (κ1) is 11.0. The topological polar surface area (TPSA) is 31.4 Å². The van der Waals surface area contributed by atoms with Gasteiger partial charge >= 0.3 is 0 Å². The summed E-state index contributed by atoms with van der Waals surface area (Å²) in [6.45, 7) is 1.42. The van der Waals surface area contributed by atoms with E-state index in [1.807, 2.05) is 23.6 Å². The van der Waals surface area contributed by atoms with Crippen molar-refractivity contribution in [2.24, 2.45) is 0 Å². The lowest BCUT2D eigenvalue weighted by atomic mass is 10.1. The van der Waals surface area contributed by atoms with Crippen molar-refractivity contribution in [3.8, 4) is 22.8 Å². The maximum absolute atomic E-state index is 5.66. The fourth-order valence-corrected chi connectivity index (χ4v) is 2.73. The minimum absolute atomic E-state index is 0.706. The maximum Gasteiger partial charge on any atom is 0.161 e. The summed E-state index contributed by atoms with van der Waals surface area (Å²) in [5.41, 5.74) is 2.01. The molecule has 1 aromatic carbocycles. The number of fused-ring (bicyclic) bond motifs is 1. The molecule has 1 aliphatic rings. The van der Waals surface area contributed by atoms with Crippen molar-refractivity contribution >= 4 is 27.3 Å². The SMILES string of the molecule is Brc1nc(-c2ccc3c(c2)OCCCO3)cs1. The van der Waals surface area contributed by atoms with Crippen LogP contribution in [0.3, 0.4) is 0 Å². The number of rotatable bonds is 1. The summed E-state index contributed by atoms with van der Waals surface area (Å²) < 4.78 is 12.1. The molecule has 0 saturated heterocycles. The van der Waals surface area contributed by atoms with E-state index in [1.165, 1.54) is 0 Å². The van der Waals surface area contributed by atoms with Crippen LogP contribution in [-0.4, -0.2) is 18.2 Å². The zero-order chi connectivity index (χ0) is 11.7. The van der Waals surface area contributed by atoms with E-state index in [9.17, 15) is 0 Å². The normalized spacial score (nSPS) is 14.4. The van der Waals surface area contributed by atoms with Crippen molar-refractivity contribution in [1.29, 1.82) is 0 Å². The molecule has 0 N–H and O–H groups in total. The molecule has 0 unspecified atom stereocenters. The summed E-state index contributed by atoms with van der Waals surface area (Å²) in [7, 11) is 0. The highest BCUT2D eigenvalue weighted by atomic mass is 79.9. The minimum atomic E-state index is 0.706. The molecule has 2 aromatic rings. The lowest BCUT2D eigenvalue weighted by molar-refractivity contribution is 0.297. The average Bonchev–Trinajstić information content (AvgIpc) is 2.64. The fraction of sp³-hybridized carbons (Fsp3) is 0.250. The Morgan fingerprint density at radius 3 is 2.76 bits per heavy atom. The lowest BCUT2D eigenvalue weighted by Gasteiger charge is -2.07. The zero-order valence-corrected chi connectivity index (χ0v) is 11.4. The Morgan fingerprint density at radius 1 is 1.18 bits per heavy atom. The Morgan fingerprint density at radius 2 is 2.00 bits per heavy atom. The third kappa shape index (κ3) is 2.30. The van der Waals surface area contributed by atoms with E-state index in [2.05, 4.69) is 20.9 Å². The summed E-state index contributed by atoms with van der Waals surface area (Å²) in [5.74, 6) is 1.63. The number of nitrogens with zero attached hydrogens (tertiary/aromatic N) is 1. The van der Waals surface area contributed by atoms with Crippen LogP contribution >= 0.6 is 27.3 Å². The van der Waals surface area contributed by atoms with Gasteiger partial charge in [0.15, 0.2) is 15.4 Å². The standard InChI is InChI=1S/C12H10BrNO2S/c13-12-14-9(7-17-12)8-2-3-10-11(6-8)16-5-1-4-15-10/h2-3,6-7H,1,4-5H2. The van der Waals surface area contributed by atoms with E-state index in [-0.39, 0.29) is 0 Å². The van der Waals surface area contributed by atoms with E-state index in [0.29, 0.717) is 13.2 Å². The molecule has 3 rings (SSSR count). The molecule has 17 heavy (non-hydrogen) atoms. The first-order valence-corrected chi connectivity index (χ1v) is 7.01. The quantitative estimate of drug-likeness (QED) is 0.804. The number of aromatic nitrogens is 1. The zero-order valence-electron chi connectivity index (χ0n) is 8.98. The van der Waals surface area contributed by atoms with Gasteiger partial charge in [-0.15, -0.1) is 11.3 Å². The van der Waals surface area contributed by atoms with Gasteiger partial charge < -0.3 is 9.47 Å². The van der Waals surface area contributed by atoms with Crippen LogP contribution < -0.4 is 9.47 Å². The average molecular weight is 312 g/mol. The van der Waals surface area contributed by atoms with Crippen LogP contribution in [0.25, 0.3) is 11.3 Å². The molecule has 0 radical (unpaired) electrons. The summed E-state index contributed by atoms with van der Waals surface area (Å²) in [6.07, 6.45) is 0.923. The molecule has 3 nitrogen and oxygen atoms in total. The van der Waals surface area contributed by atoms with Gasteiger partial charge in [0.05, 0.1) is 18.9 Å². The van der Waals surface area contributed by atoms with E-state index >= 15 is 0 Å². The van der Waals surface area contributed by atoms with Gasteiger partial charge in [-0.05, 0) is 34.1 Å². The summed E-state index contributed by atoms with van der Waals surface area (Å²) >= 11 is 4.94. The van der Waals surface area contributed by atoms with Crippen molar-refractivity contribution < 1.29 is 9.47 Å². The molecule has 0 amide bonds. The second-order valence-corrected chi connectivity index (χ2v) is 5.83. The van der Waals surface area contributed by atoms with Crippen molar-refractivity contribution in [2.45, 2.75) is 6.42 Å². The number of hydrogen-bond acceptors (Lipinski definition) is 4. The molecule has 5 heteroatoms. The number of hydrogen-bond donors (Lipinski definition) is 0. The second kappa shape index (κ2) is 4.66. The van der Waals surface area contributed by atoms with Gasteiger partial charge in [0.25, 0.3) is 0 Å². The third-order valence-corrected chi connectivity index (χ3v) is 3.88. The summed E-state index contributed by atoms with van der Waals surface area (Å²) in [4.78, 5) is 4.39. The highest BCUT2D eigenvalue weighted by Gasteiger charge is 2.12. The molecule has 0 bridgehead atoms. The molecule has 2 heterocycles. The molecule has 0 spiro atoms. The van der Waals surface area contributed by atoms with Crippen LogP contribution in [0.2, 0.25) is 0 Å². The van der Waals surface area contributed by atoms with Gasteiger partial charge in [-0.2, -0.15) is 0 Å². The van der Waals surface area contributed by atoms with Crippen LogP contribution in [-0.2, 0) is 0 Å². The number of halogens is 1. The van der Waals surface area contributed by atoms with E-state index < -0.39 is 0 Å². The predicted octanol–water partition coefficient (Wildman–Crippen LogP) is 3.73. The number of benzene rings is 1. The number of thiazole rings is 1. The molecular weight excluding hydrogens is 302 g/mol. The second-order valence-electron chi connectivity index (χ2n) is 3.70. The van der Waals surface area contributed by atoms with Gasteiger partial charge in [-0.3, -0.25) is 0 Å². The molecule has 0 fully saturated rings. The monoisotopic (exact) mass is 311 g/mol. The molecule has 88 valence electrons. The third-order valence-electron chi connectivity index (χ3n) is 2.52. The summed E-state index contributed by atoms with van der Waals surface area (Å²) in [6, 6.07) is 5.94. The Hall–Kier alpha value is -1.07. The smallest absolute Gasteiger partial charge is 0.161 e. The van der Waals surface area contributed by atoms with Crippen LogP contribution in [0.4, 0.5) is 0 Å². The highest BCUT2D eigenvalue weighted by Crippen LogP contribution is 2.34. The van der Waals surface area contributed by atoms with Crippen molar-refractivity contribution in [2.75, 3.05) is 13.2 Å². The van der Waals surface area contributed by atoms with Crippen LogP contribution in [0.5, 0.6) is 11.5 Å². The predicted molar refractivity (Wildman–Crippen MR) is 70.9 cm³/mol. The van der Waals surface area contributed by atoms with Crippen LogP contribution in [0.1, 0.15) is 6.42 Å². The van der Waals surface area contributed by atoms with E-state index in [1.54, 1.807) is 11.3 Å². The molecular formula is C12H10BrNO2S. The molecule has 0 saturated carbocycles. The van der Waals surface area contributed by atoms with Gasteiger partial charge in [-0.25, -0.2) is 4.98 Å². The maximum atomic E-state index is 5.66. The Bertz CT molecular complexity index is 541. The van der Waals surface area contributed by atoms with Crippen molar-refractivity contribution in [3.63, 3.8) is 0 Å². The van der Waals surface area contributed by atoms with Crippen LogP contribution in [0.15, 0.2) is 27.5 Å². The molecule has 0 atom stereocenters. The first-order valence-electron chi connectivity index (χ1n) is 5.34. The van der Waals surface area contributed by atoms with E-state index in [4.69, 9.17) is 9.47 Å². The van der Waals surface area contributed by atoms with Crippen LogP contribution in [0, 0.1) is 0 Å². The first-order chi connectivity index (χ1) is 8.33. The molecule has 0 aliphatic carbocycles.